The number of nitrogens with one attached hydrogen (secondary N) is 2. The lowest BCUT2D eigenvalue weighted by Gasteiger charge is -2.30. The smallest absolute Gasteiger partial charge is 0.270 e. The van der Waals surface area contributed by atoms with Crippen LogP contribution in [0.2, 0.25) is 0 Å². The lowest BCUT2D eigenvalue weighted by Crippen LogP contribution is -2.43. The lowest BCUT2D eigenvalue weighted by atomic mass is 10.0. The first-order valence-corrected chi connectivity index (χ1v) is 11.6. The van der Waals surface area contributed by atoms with Crippen molar-refractivity contribution in [3.05, 3.63) is 52.6 Å². The van der Waals surface area contributed by atoms with Crippen molar-refractivity contribution >= 4 is 23.2 Å². The number of aliphatic hydroxyl groups excluding tert-OH is 1. The summed E-state index contributed by atoms with van der Waals surface area (Å²) in [5.41, 5.74) is 4.11. The zero-order valence-electron chi connectivity index (χ0n) is 19.3. The first-order chi connectivity index (χ1) is 17.0. The number of carbonyl (C=O) groups is 2. The van der Waals surface area contributed by atoms with Crippen LogP contribution in [0.3, 0.4) is 0 Å². The highest BCUT2D eigenvalue weighted by Gasteiger charge is 2.35. The molecule has 1 fully saturated rings. The van der Waals surface area contributed by atoms with Gasteiger partial charge in [0.2, 0.25) is 5.91 Å². The highest BCUT2D eigenvalue weighted by molar-refractivity contribution is 6.02. The average molecular weight is 482 g/mol. The molecule has 3 atom stereocenters. The second kappa shape index (κ2) is 10.1. The minimum atomic E-state index is -0.339. The van der Waals surface area contributed by atoms with E-state index < -0.39 is 0 Å². The van der Waals surface area contributed by atoms with Crippen LogP contribution in [0.25, 0.3) is 0 Å². The molecule has 1 saturated heterocycles. The van der Waals surface area contributed by atoms with Crippen LogP contribution in [0.1, 0.15) is 46.0 Å². The quantitative estimate of drug-likeness (QED) is 0.551. The lowest BCUT2D eigenvalue weighted by molar-refractivity contribution is -0.178. The van der Waals surface area contributed by atoms with E-state index in [1.54, 1.807) is 13.0 Å². The van der Waals surface area contributed by atoms with Gasteiger partial charge in [0.1, 0.15) is 29.4 Å². The zero-order valence-corrected chi connectivity index (χ0v) is 19.3. The Hall–Kier alpha value is -3.41. The monoisotopic (exact) mass is 481 g/mol. The molecule has 2 amide bonds. The van der Waals surface area contributed by atoms with Gasteiger partial charge in [0.05, 0.1) is 25.5 Å². The first-order valence-electron chi connectivity index (χ1n) is 11.6. The molecule has 0 aliphatic carbocycles. The standard InChI is InChI=1S/C24H27N5O6/c1-13-26-18(19-8-21(35-29-19)22-12-33-16(10-30)11-34-22)7-20(27-13)24(32)25-9-14-2-3-15-4-5-23(31)28-17(15)6-14/h2-3,6-7,16,21-22,30H,4-5,8-12H2,1H3,(H,25,32)(H,28,31)/t16-,21?,22-/m1/s1. The topological polar surface area (TPSA) is 144 Å². The van der Waals surface area contributed by atoms with Crippen molar-refractivity contribution in [1.82, 2.24) is 15.3 Å². The molecule has 2 aromatic rings. The highest BCUT2D eigenvalue weighted by Crippen LogP contribution is 2.25. The summed E-state index contributed by atoms with van der Waals surface area (Å²) in [6, 6.07) is 7.40. The van der Waals surface area contributed by atoms with Gasteiger partial charge in [-0.3, -0.25) is 9.59 Å². The van der Waals surface area contributed by atoms with Crippen molar-refractivity contribution in [2.24, 2.45) is 5.16 Å². The number of nitrogens with zero attached hydrogens (tertiary/aromatic N) is 3. The predicted octanol–water partition coefficient (Wildman–Crippen LogP) is 0.869. The molecule has 35 heavy (non-hydrogen) atoms. The van der Waals surface area contributed by atoms with Gasteiger partial charge in [0.15, 0.2) is 6.10 Å². The molecular formula is C24H27N5O6. The van der Waals surface area contributed by atoms with Crippen LogP contribution in [0.4, 0.5) is 5.69 Å². The predicted molar refractivity (Wildman–Crippen MR) is 124 cm³/mol. The second-order valence-electron chi connectivity index (χ2n) is 8.80. The number of carbonyl (C=O) groups excluding carboxylic acids is 2. The van der Waals surface area contributed by atoms with Gasteiger partial charge in [-0.15, -0.1) is 0 Å². The number of fused-ring (bicyclic) bond motifs is 1. The average Bonchev–Trinajstić information content (AvgIpc) is 3.37. The Morgan fingerprint density at radius 2 is 2.06 bits per heavy atom. The Morgan fingerprint density at radius 3 is 2.86 bits per heavy atom. The molecule has 4 heterocycles. The van der Waals surface area contributed by atoms with Gasteiger partial charge < -0.3 is 30.1 Å². The summed E-state index contributed by atoms with van der Waals surface area (Å²) in [6.07, 6.45) is 0.706. The number of aliphatic hydroxyl groups is 1. The second-order valence-corrected chi connectivity index (χ2v) is 8.80. The third-order valence-electron chi connectivity index (χ3n) is 6.19. The maximum atomic E-state index is 12.8. The summed E-state index contributed by atoms with van der Waals surface area (Å²) in [5.74, 6) is 0.104. The van der Waals surface area contributed by atoms with E-state index in [2.05, 4.69) is 25.8 Å². The number of hydrogen-bond acceptors (Lipinski definition) is 9. The Morgan fingerprint density at radius 1 is 1.17 bits per heavy atom. The van der Waals surface area contributed by atoms with Crippen molar-refractivity contribution < 1.29 is 29.0 Å². The highest BCUT2D eigenvalue weighted by atomic mass is 16.7. The van der Waals surface area contributed by atoms with Gasteiger partial charge in [-0.05, 0) is 36.6 Å². The normalized spacial score (nSPS) is 23.7. The Labute approximate surface area is 201 Å². The van der Waals surface area contributed by atoms with E-state index >= 15 is 0 Å². The Bertz CT molecular complexity index is 1160. The molecular weight excluding hydrogens is 454 g/mol. The van der Waals surface area contributed by atoms with Crippen LogP contribution in [0.15, 0.2) is 29.4 Å². The molecule has 1 aromatic carbocycles. The van der Waals surface area contributed by atoms with Gasteiger partial charge in [0, 0.05) is 25.1 Å². The number of benzene rings is 1. The van der Waals surface area contributed by atoms with Crippen molar-refractivity contribution in [1.29, 1.82) is 0 Å². The van der Waals surface area contributed by atoms with E-state index in [0.717, 1.165) is 16.8 Å². The number of rotatable bonds is 6. The van der Waals surface area contributed by atoms with E-state index in [4.69, 9.17) is 19.4 Å². The molecule has 3 aliphatic rings. The van der Waals surface area contributed by atoms with Crippen molar-refractivity contribution in [3.63, 3.8) is 0 Å². The van der Waals surface area contributed by atoms with E-state index in [1.807, 2.05) is 18.2 Å². The fraction of sp³-hybridized carbons (Fsp3) is 0.458. The largest absolute Gasteiger partial charge is 0.394 e. The van der Waals surface area contributed by atoms with E-state index in [-0.39, 0.29) is 42.4 Å². The molecule has 3 aliphatic heterocycles. The minimum absolute atomic E-state index is 0.000603. The van der Waals surface area contributed by atoms with Crippen molar-refractivity contribution in [3.8, 4) is 0 Å². The molecule has 1 aromatic heterocycles. The maximum absolute atomic E-state index is 12.8. The van der Waals surface area contributed by atoms with E-state index in [1.165, 1.54) is 0 Å². The molecule has 5 rings (SSSR count). The molecule has 0 bridgehead atoms. The summed E-state index contributed by atoms with van der Waals surface area (Å²) >= 11 is 0. The minimum Gasteiger partial charge on any atom is -0.394 e. The van der Waals surface area contributed by atoms with Crippen molar-refractivity contribution in [2.75, 3.05) is 25.1 Å². The van der Waals surface area contributed by atoms with Crippen LogP contribution >= 0.6 is 0 Å². The molecule has 184 valence electrons. The van der Waals surface area contributed by atoms with E-state index in [0.29, 0.717) is 56.3 Å². The number of aromatic nitrogens is 2. The third-order valence-corrected chi connectivity index (χ3v) is 6.19. The summed E-state index contributed by atoms with van der Waals surface area (Å²) in [6.45, 7) is 2.52. The van der Waals surface area contributed by atoms with Crippen LogP contribution < -0.4 is 10.6 Å². The zero-order chi connectivity index (χ0) is 24.4. The summed E-state index contributed by atoms with van der Waals surface area (Å²) < 4.78 is 11.3. The Balaban J connectivity index is 1.21. The SMILES string of the molecule is Cc1nc(C(=O)NCc2ccc3c(c2)NC(=O)CC3)cc(C2=NOC([C@H]3CO[C@H](CO)CO3)C2)n1. The number of aryl methyl sites for hydroxylation is 2. The van der Waals surface area contributed by atoms with Gasteiger partial charge in [-0.2, -0.15) is 0 Å². The first kappa shape index (κ1) is 23.3. The Kier molecular flexibility index (Phi) is 6.71. The van der Waals surface area contributed by atoms with Crippen LogP contribution in [0.5, 0.6) is 0 Å². The fourth-order valence-corrected chi connectivity index (χ4v) is 4.26. The number of anilines is 1. The van der Waals surface area contributed by atoms with E-state index in [9.17, 15) is 9.59 Å². The molecule has 11 nitrogen and oxygen atoms in total. The van der Waals surface area contributed by atoms with Gasteiger partial charge >= 0.3 is 0 Å². The third kappa shape index (κ3) is 5.31. The fourth-order valence-electron chi connectivity index (χ4n) is 4.26. The summed E-state index contributed by atoms with van der Waals surface area (Å²) in [4.78, 5) is 38.8. The van der Waals surface area contributed by atoms with Gasteiger partial charge in [-0.25, -0.2) is 9.97 Å². The maximum Gasteiger partial charge on any atom is 0.270 e. The summed E-state index contributed by atoms with van der Waals surface area (Å²) in [5, 5.41) is 19.1. The number of amides is 2. The van der Waals surface area contributed by atoms with Crippen molar-refractivity contribution in [2.45, 2.75) is 51.0 Å². The molecule has 0 spiro atoms. The molecule has 1 unspecified atom stereocenters. The number of hydrogen-bond donors (Lipinski definition) is 3. The number of ether oxygens (including phenoxy) is 2. The molecule has 11 heteroatoms. The summed E-state index contributed by atoms with van der Waals surface area (Å²) in [7, 11) is 0. The molecule has 3 N–H and O–H groups in total. The van der Waals surface area contributed by atoms with Crippen LogP contribution in [-0.4, -0.2) is 70.7 Å². The number of oxime groups is 1. The molecule has 0 saturated carbocycles. The van der Waals surface area contributed by atoms with Gasteiger partial charge in [-0.1, -0.05) is 17.3 Å². The van der Waals surface area contributed by atoms with Gasteiger partial charge in [0.25, 0.3) is 5.91 Å². The van der Waals surface area contributed by atoms with Crippen LogP contribution in [-0.2, 0) is 32.1 Å². The van der Waals surface area contributed by atoms with Crippen LogP contribution in [0, 0.1) is 6.92 Å². The molecule has 0 radical (unpaired) electrons.